The van der Waals surface area contributed by atoms with Gasteiger partial charge in [-0.2, -0.15) is 0 Å². The lowest BCUT2D eigenvalue weighted by Gasteiger charge is -2.25. The third kappa shape index (κ3) is 8.36. The summed E-state index contributed by atoms with van der Waals surface area (Å²) in [5.74, 6) is 1.92. The van der Waals surface area contributed by atoms with Gasteiger partial charge in [-0.05, 0) is 101 Å². The standard InChI is InChI=1S/C33H47NO3S/c1-22(2)10-9-11-30(35)34-20-27(29(21-34)31(36)26-14-16-28(38-8)17-15-26)13-12-25-18-23(3)32(24(4)19-25)37-33(5,6)7/h14-19,22,27,29H,9-13,20-21H2,1-8H3. The van der Waals surface area contributed by atoms with Crippen LogP contribution in [0.1, 0.15) is 87.4 Å². The van der Waals surface area contributed by atoms with Crippen molar-refractivity contribution in [2.45, 2.75) is 91.1 Å². The molecule has 3 rings (SSSR count). The Balaban J connectivity index is 1.76. The number of benzene rings is 2. The van der Waals surface area contributed by atoms with Crippen molar-refractivity contribution in [2.75, 3.05) is 19.3 Å². The Bertz CT molecular complexity index is 1080. The SMILES string of the molecule is CSc1ccc(C(=O)C2CN(C(=O)CCCC(C)C)CC2CCc2cc(C)c(OC(C)(C)C)c(C)c2)cc1. The summed E-state index contributed by atoms with van der Waals surface area (Å²) < 4.78 is 6.21. The highest BCUT2D eigenvalue weighted by molar-refractivity contribution is 7.98. The average Bonchev–Trinajstić information content (AvgIpc) is 3.28. The van der Waals surface area contributed by atoms with Gasteiger partial charge in [0, 0.05) is 35.9 Å². The summed E-state index contributed by atoms with van der Waals surface area (Å²) >= 11 is 1.67. The molecule has 0 saturated carbocycles. The van der Waals surface area contributed by atoms with Gasteiger partial charge in [0.25, 0.3) is 0 Å². The molecule has 5 heteroatoms. The highest BCUT2D eigenvalue weighted by Gasteiger charge is 2.39. The predicted molar refractivity (Wildman–Crippen MR) is 159 cm³/mol. The summed E-state index contributed by atoms with van der Waals surface area (Å²) in [6, 6.07) is 12.4. The number of thioether (sulfide) groups is 1. The molecule has 0 spiro atoms. The van der Waals surface area contributed by atoms with Gasteiger partial charge in [0.15, 0.2) is 5.78 Å². The van der Waals surface area contributed by atoms with Crippen molar-refractivity contribution in [2.24, 2.45) is 17.8 Å². The molecule has 2 atom stereocenters. The molecule has 1 saturated heterocycles. The van der Waals surface area contributed by atoms with Crippen LogP contribution < -0.4 is 4.74 Å². The molecule has 0 N–H and O–H groups in total. The lowest BCUT2D eigenvalue weighted by atomic mass is 9.84. The smallest absolute Gasteiger partial charge is 0.222 e. The van der Waals surface area contributed by atoms with E-state index in [-0.39, 0.29) is 29.1 Å². The Kier molecular flexibility index (Phi) is 10.5. The minimum Gasteiger partial charge on any atom is -0.488 e. The van der Waals surface area contributed by atoms with Crippen molar-refractivity contribution in [3.8, 4) is 5.75 Å². The minimum absolute atomic E-state index is 0.155. The molecule has 0 aromatic heterocycles. The maximum Gasteiger partial charge on any atom is 0.222 e. The first-order chi connectivity index (χ1) is 17.9. The summed E-state index contributed by atoms with van der Waals surface area (Å²) in [7, 11) is 0. The summed E-state index contributed by atoms with van der Waals surface area (Å²) in [6.45, 7) is 16.0. The molecule has 1 aliphatic heterocycles. The number of rotatable bonds is 11. The molecular weight excluding hydrogens is 490 g/mol. The largest absolute Gasteiger partial charge is 0.488 e. The molecule has 0 aliphatic carbocycles. The second-order valence-electron chi connectivity index (χ2n) is 12.4. The zero-order chi connectivity index (χ0) is 28.0. The van der Waals surface area contributed by atoms with Crippen molar-refractivity contribution in [3.63, 3.8) is 0 Å². The third-order valence-electron chi connectivity index (χ3n) is 7.41. The predicted octanol–water partition coefficient (Wildman–Crippen LogP) is 7.92. The van der Waals surface area contributed by atoms with Gasteiger partial charge in [-0.15, -0.1) is 11.8 Å². The van der Waals surface area contributed by atoms with Crippen molar-refractivity contribution in [1.82, 2.24) is 4.90 Å². The van der Waals surface area contributed by atoms with Crippen molar-refractivity contribution < 1.29 is 14.3 Å². The van der Waals surface area contributed by atoms with Crippen LogP contribution in [-0.4, -0.2) is 41.5 Å². The first-order valence-corrected chi connectivity index (χ1v) is 15.4. The molecule has 38 heavy (non-hydrogen) atoms. The fourth-order valence-electron chi connectivity index (χ4n) is 5.46. The van der Waals surface area contributed by atoms with E-state index in [0.717, 1.165) is 53.0 Å². The van der Waals surface area contributed by atoms with Crippen LogP contribution >= 0.6 is 11.8 Å². The number of Topliss-reactive ketones (excluding diaryl/α,β-unsaturated/α-hetero) is 1. The summed E-state index contributed by atoms with van der Waals surface area (Å²) in [5.41, 5.74) is 4.06. The van der Waals surface area contributed by atoms with Crippen LogP contribution in [0, 0.1) is 31.6 Å². The molecule has 2 unspecified atom stereocenters. The molecular formula is C33H47NO3S. The molecule has 0 radical (unpaired) electrons. The Morgan fingerprint density at radius 3 is 2.24 bits per heavy atom. The van der Waals surface area contributed by atoms with E-state index in [4.69, 9.17) is 4.74 Å². The van der Waals surface area contributed by atoms with Crippen molar-refractivity contribution in [3.05, 3.63) is 58.7 Å². The number of likely N-dealkylation sites (tertiary alicyclic amines) is 1. The second-order valence-corrected chi connectivity index (χ2v) is 13.2. The van der Waals surface area contributed by atoms with E-state index in [1.807, 2.05) is 35.4 Å². The molecule has 2 aromatic carbocycles. The van der Waals surface area contributed by atoms with Gasteiger partial charge in [-0.3, -0.25) is 9.59 Å². The van der Waals surface area contributed by atoms with Gasteiger partial charge in [-0.25, -0.2) is 0 Å². The number of aryl methyl sites for hydroxylation is 3. The minimum atomic E-state index is -0.242. The zero-order valence-corrected chi connectivity index (χ0v) is 25.5. The second kappa shape index (κ2) is 13.2. The van der Waals surface area contributed by atoms with Crippen LogP contribution in [0.2, 0.25) is 0 Å². The number of nitrogens with zero attached hydrogens (tertiary/aromatic N) is 1. The van der Waals surface area contributed by atoms with Gasteiger partial charge in [-0.1, -0.05) is 44.5 Å². The van der Waals surface area contributed by atoms with E-state index in [2.05, 4.69) is 60.6 Å². The molecule has 1 fully saturated rings. The quantitative estimate of drug-likeness (QED) is 0.216. The number of ether oxygens (including phenoxy) is 1. The Morgan fingerprint density at radius 1 is 1.05 bits per heavy atom. The van der Waals surface area contributed by atoms with E-state index in [0.29, 0.717) is 25.4 Å². The van der Waals surface area contributed by atoms with Crippen LogP contribution in [0.4, 0.5) is 0 Å². The van der Waals surface area contributed by atoms with E-state index in [9.17, 15) is 9.59 Å². The van der Waals surface area contributed by atoms with Crippen LogP contribution in [0.25, 0.3) is 0 Å². The zero-order valence-electron chi connectivity index (χ0n) is 24.7. The highest BCUT2D eigenvalue weighted by Crippen LogP contribution is 2.34. The van der Waals surface area contributed by atoms with Crippen molar-refractivity contribution >= 4 is 23.5 Å². The van der Waals surface area contributed by atoms with Gasteiger partial charge in [0.1, 0.15) is 11.4 Å². The van der Waals surface area contributed by atoms with Gasteiger partial charge >= 0.3 is 0 Å². The van der Waals surface area contributed by atoms with E-state index in [1.54, 1.807) is 11.8 Å². The average molecular weight is 538 g/mol. The van der Waals surface area contributed by atoms with Gasteiger partial charge < -0.3 is 9.64 Å². The molecule has 208 valence electrons. The molecule has 2 aromatic rings. The first kappa shape index (κ1) is 30.3. The van der Waals surface area contributed by atoms with Crippen LogP contribution in [0.3, 0.4) is 0 Å². The van der Waals surface area contributed by atoms with Crippen LogP contribution in [0.5, 0.6) is 5.75 Å². The van der Waals surface area contributed by atoms with E-state index in [1.165, 1.54) is 5.56 Å². The third-order valence-corrected chi connectivity index (χ3v) is 8.15. The molecule has 1 amide bonds. The highest BCUT2D eigenvalue weighted by atomic mass is 32.2. The normalized spacial score (nSPS) is 17.8. The number of amides is 1. The van der Waals surface area contributed by atoms with Crippen LogP contribution in [-0.2, 0) is 11.2 Å². The molecule has 0 bridgehead atoms. The summed E-state index contributed by atoms with van der Waals surface area (Å²) in [5, 5.41) is 0. The molecule has 1 heterocycles. The van der Waals surface area contributed by atoms with Crippen LogP contribution in [0.15, 0.2) is 41.3 Å². The van der Waals surface area contributed by atoms with E-state index >= 15 is 0 Å². The van der Waals surface area contributed by atoms with Gasteiger partial charge in [0.2, 0.25) is 5.91 Å². The molecule has 4 nitrogen and oxygen atoms in total. The lowest BCUT2D eigenvalue weighted by Crippen LogP contribution is -2.29. The summed E-state index contributed by atoms with van der Waals surface area (Å²) in [6.07, 6.45) is 6.34. The Labute approximate surface area is 234 Å². The van der Waals surface area contributed by atoms with Gasteiger partial charge in [0.05, 0.1) is 0 Å². The number of hydrogen-bond acceptors (Lipinski definition) is 4. The molecule has 1 aliphatic rings. The van der Waals surface area contributed by atoms with Crippen molar-refractivity contribution in [1.29, 1.82) is 0 Å². The maximum atomic E-state index is 13.7. The Hall–Kier alpha value is -2.27. The fourth-order valence-corrected chi connectivity index (χ4v) is 5.87. The summed E-state index contributed by atoms with van der Waals surface area (Å²) in [4.78, 5) is 29.8. The lowest BCUT2D eigenvalue weighted by molar-refractivity contribution is -0.130. The number of ketones is 1. The first-order valence-electron chi connectivity index (χ1n) is 14.1. The monoisotopic (exact) mass is 537 g/mol. The number of hydrogen-bond donors (Lipinski definition) is 0. The maximum absolute atomic E-state index is 13.7. The topological polar surface area (TPSA) is 46.6 Å². The number of carbonyl (C=O) groups excluding carboxylic acids is 2. The number of carbonyl (C=O) groups is 2. The fraction of sp³-hybridized carbons (Fsp3) is 0.576. The van der Waals surface area contributed by atoms with E-state index < -0.39 is 0 Å². The Morgan fingerprint density at radius 2 is 1.68 bits per heavy atom.